The van der Waals surface area contributed by atoms with Crippen LogP contribution >= 0.6 is 0 Å². The third-order valence-electron chi connectivity index (χ3n) is 4.99. The smallest absolute Gasteiger partial charge is 0.325 e. The zero-order valence-corrected chi connectivity index (χ0v) is 12.5. The minimum atomic E-state index is -0.874. The van der Waals surface area contributed by atoms with Crippen LogP contribution in [0.2, 0.25) is 0 Å². The Kier molecular flexibility index (Phi) is 4.51. The minimum Gasteiger partial charge on any atom is -0.468 e. The van der Waals surface area contributed by atoms with E-state index < -0.39 is 5.54 Å². The molecular weight excluding hydrogens is 240 g/mol. The highest BCUT2D eigenvalue weighted by Gasteiger charge is 2.40. The molecule has 2 N–H and O–H groups in total. The summed E-state index contributed by atoms with van der Waals surface area (Å²) in [6, 6.07) is 1.07. The highest BCUT2D eigenvalue weighted by Crippen LogP contribution is 2.38. The first-order valence-electron chi connectivity index (χ1n) is 7.59. The van der Waals surface area contributed by atoms with Gasteiger partial charge in [-0.2, -0.15) is 0 Å². The summed E-state index contributed by atoms with van der Waals surface area (Å²) in [7, 11) is 1.41. The van der Waals surface area contributed by atoms with E-state index in [4.69, 9.17) is 10.5 Å². The summed E-state index contributed by atoms with van der Waals surface area (Å²) < 4.78 is 4.80. The Morgan fingerprint density at radius 2 is 2.11 bits per heavy atom. The third kappa shape index (κ3) is 3.11. The molecule has 1 saturated carbocycles. The molecule has 0 amide bonds. The van der Waals surface area contributed by atoms with Gasteiger partial charge in [-0.05, 0) is 52.0 Å². The molecule has 2 aliphatic rings. The lowest BCUT2D eigenvalue weighted by molar-refractivity contribution is -0.147. The van der Waals surface area contributed by atoms with E-state index in [-0.39, 0.29) is 5.97 Å². The van der Waals surface area contributed by atoms with Crippen LogP contribution in [0.1, 0.15) is 52.4 Å². The Labute approximate surface area is 116 Å². The van der Waals surface area contributed by atoms with Gasteiger partial charge >= 0.3 is 5.97 Å². The van der Waals surface area contributed by atoms with Crippen molar-refractivity contribution in [2.24, 2.45) is 11.7 Å². The van der Waals surface area contributed by atoms with Gasteiger partial charge in [0.1, 0.15) is 5.54 Å². The summed E-state index contributed by atoms with van der Waals surface area (Å²) in [6.45, 7) is 5.14. The standard InChI is InChI=1S/C15H28N2O2/c1-11(10-15(2,16)14(18)19-3)17-9-8-12-6-4-5-7-13(12)17/h11-13H,4-10,16H2,1-3H3. The molecule has 1 aliphatic heterocycles. The number of fused-ring (bicyclic) bond motifs is 1. The van der Waals surface area contributed by atoms with Crippen LogP contribution in [0.3, 0.4) is 0 Å². The van der Waals surface area contributed by atoms with Gasteiger partial charge in [-0.25, -0.2) is 0 Å². The third-order valence-corrected chi connectivity index (χ3v) is 4.99. The first kappa shape index (κ1) is 14.8. The Hall–Kier alpha value is -0.610. The fraction of sp³-hybridized carbons (Fsp3) is 0.933. The summed E-state index contributed by atoms with van der Waals surface area (Å²) in [5, 5.41) is 0. The molecular formula is C15H28N2O2. The number of hydrogen-bond donors (Lipinski definition) is 1. The van der Waals surface area contributed by atoms with Crippen molar-refractivity contribution in [3.63, 3.8) is 0 Å². The van der Waals surface area contributed by atoms with E-state index in [0.29, 0.717) is 12.5 Å². The Balaban J connectivity index is 1.96. The molecule has 4 atom stereocenters. The van der Waals surface area contributed by atoms with Crippen LogP contribution in [0, 0.1) is 5.92 Å². The second kappa shape index (κ2) is 5.80. The Morgan fingerprint density at radius 1 is 1.42 bits per heavy atom. The largest absolute Gasteiger partial charge is 0.468 e. The molecule has 0 radical (unpaired) electrons. The van der Waals surface area contributed by atoms with Crippen LogP contribution in [-0.2, 0) is 9.53 Å². The number of nitrogens with zero attached hydrogens (tertiary/aromatic N) is 1. The molecule has 2 fully saturated rings. The number of likely N-dealkylation sites (tertiary alicyclic amines) is 1. The lowest BCUT2D eigenvalue weighted by Crippen LogP contribution is -2.52. The average molecular weight is 268 g/mol. The Bertz CT molecular complexity index is 330. The lowest BCUT2D eigenvalue weighted by atomic mass is 9.84. The fourth-order valence-electron chi connectivity index (χ4n) is 4.04. The quantitative estimate of drug-likeness (QED) is 0.791. The van der Waals surface area contributed by atoms with Crippen molar-refractivity contribution in [1.29, 1.82) is 0 Å². The zero-order chi connectivity index (χ0) is 14.0. The summed E-state index contributed by atoms with van der Waals surface area (Å²) in [6.07, 6.45) is 7.41. The van der Waals surface area contributed by atoms with Crippen molar-refractivity contribution in [3.05, 3.63) is 0 Å². The number of carbonyl (C=O) groups excluding carboxylic acids is 1. The number of rotatable bonds is 4. The van der Waals surface area contributed by atoms with Crippen molar-refractivity contribution in [3.8, 4) is 0 Å². The maximum atomic E-state index is 11.7. The van der Waals surface area contributed by atoms with Gasteiger partial charge in [0.05, 0.1) is 7.11 Å². The van der Waals surface area contributed by atoms with Crippen LogP contribution in [0.4, 0.5) is 0 Å². The molecule has 0 spiro atoms. The summed E-state index contributed by atoms with van der Waals surface area (Å²) in [5.41, 5.74) is 5.23. The van der Waals surface area contributed by atoms with Crippen LogP contribution in [0.25, 0.3) is 0 Å². The molecule has 0 aromatic heterocycles. The van der Waals surface area contributed by atoms with E-state index in [1.165, 1.54) is 39.2 Å². The van der Waals surface area contributed by atoms with E-state index >= 15 is 0 Å². The Morgan fingerprint density at radius 3 is 2.79 bits per heavy atom. The normalized spacial score (nSPS) is 32.4. The molecule has 4 nitrogen and oxygen atoms in total. The van der Waals surface area contributed by atoms with Gasteiger partial charge in [-0.15, -0.1) is 0 Å². The molecule has 4 heteroatoms. The van der Waals surface area contributed by atoms with Crippen molar-refractivity contribution in [2.75, 3.05) is 13.7 Å². The van der Waals surface area contributed by atoms with Gasteiger partial charge < -0.3 is 10.5 Å². The first-order valence-corrected chi connectivity index (χ1v) is 7.59. The predicted molar refractivity (Wildman–Crippen MR) is 75.8 cm³/mol. The molecule has 4 unspecified atom stereocenters. The van der Waals surface area contributed by atoms with Crippen LogP contribution in [-0.4, -0.2) is 42.1 Å². The average Bonchev–Trinajstić information content (AvgIpc) is 2.81. The topological polar surface area (TPSA) is 55.6 Å². The second-order valence-corrected chi connectivity index (χ2v) is 6.60. The van der Waals surface area contributed by atoms with E-state index in [1.807, 2.05) is 0 Å². The van der Waals surface area contributed by atoms with Gasteiger partial charge in [-0.3, -0.25) is 9.69 Å². The predicted octanol–water partition coefficient (Wildman–Crippen LogP) is 1.92. The SMILES string of the molecule is COC(=O)C(C)(N)CC(C)N1CCC2CCCCC21. The van der Waals surface area contributed by atoms with Gasteiger partial charge in [0, 0.05) is 12.1 Å². The van der Waals surface area contributed by atoms with Gasteiger partial charge in [0.15, 0.2) is 0 Å². The van der Waals surface area contributed by atoms with E-state index in [2.05, 4.69) is 11.8 Å². The van der Waals surface area contributed by atoms with Crippen molar-refractivity contribution in [1.82, 2.24) is 4.90 Å². The van der Waals surface area contributed by atoms with E-state index in [9.17, 15) is 4.79 Å². The first-order chi connectivity index (χ1) is 8.95. The van der Waals surface area contributed by atoms with Crippen molar-refractivity contribution < 1.29 is 9.53 Å². The van der Waals surface area contributed by atoms with E-state index in [1.54, 1.807) is 6.92 Å². The molecule has 0 aromatic rings. The van der Waals surface area contributed by atoms with Crippen LogP contribution < -0.4 is 5.73 Å². The minimum absolute atomic E-state index is 0.307. The van der Waals surface area contributed by atoms with Gasteiger partial charge in [0.25, 0.3) is 0 Å². The maximum absolute atomic E-state index is 11.7. The van der Waals surface area contributed by atoms with Gasteiger partial charge in [-0.1, -0.05) is 12.8 Å². The number of esters is 1. The molecule has 0 bridgehead atoms. The fourth-order valence-corrected chi connectivity index (χ4v) is 4.04. The summed E-state index contributed by atoms with van der Waals surface area (Å²) >= 11 is 0. The number of carbonyl (C=O) groups is 1. The number of hydrogen-bond acceptors (Lipinski definition) is 4. The molecule has 1 heterocycles. The second-order valence-electron chi connectivity index (χ2n) is 6.60. The molecule has 1 saturated heterocycles. The monoisotopic (exact) mass is 268 g/mol. The lowest BCUT2D eigenvalue weighted by Gasteiger charge is -2.38. The number of ether oxygens (including phenoxy) is 1. The van der Waals surface area contributed by atoms with Crippen molar-refractivity contribution >= 4 is 5.97 Å². The van der Waals surface area contributed by atoms with Gasteiger partial charge in [0.2, 0.25) is 0 Å². The maximum Gasteiger partial charge on any atom is 0.325 e. The molecule has 0 aromatic carbocycles. The number of nitrogens with two attached hydrogens (primary N) is 1. The van der Waals surface area contributed by atoms with Crippen molar-refractivity contribution in [2.45, 2.75) is 70.0 Å². The number of methoxy groups -OCH3 is 1. The van der Waals surface area contributed by atoms with Crippen LogP contribution in [0.15, 0.2) is 0 Å². The summed E-state index contributed by atoms with van der Waals surface area (Å²) in [4.78, 5) is 14.3. The molecule has 19 heavy (non-hydrogen) atoms. The highest BCUT2D eigenvalue weighted by atomic mass is 16.5. The molecule has 1 aliphatic carbocycles. The summed E-state index contributed by atoms with van der Waals surface area (Å²) in [5.74, 6) is 0.567. The molecule has 110 valence electrons. The zero-order valence-electron chi connectivity index (χ0n) is 12.5. The highest BCUT2D eigenvalue weighted by molar-refractivity contribution is 5.79. The van der Waals surface area contributed by atoms with E-state index in [0.717, 1.165) is 18.5 Å². The molecule has 2 rings (SSSR count). The van der Waals surface area contributed by atoms with Crippen LogP contribution in [0.5, 0.6) is 0 Å².